The van der Waals surface area contributed by atoms with Gasteiger partial charge in [-0.1, -0.05) is 0 Å². The summed E-state index contributed by atoms with van der Waals surface area (Å²) in [6.45, 7) is 0. The zero-order valence-corrected chi connectivity index (χ0v) is 24.0. The molecule has 2 aromatic rings. The molecule has 0 atom stereocenters. The van der Waals surface area contributed by atoms with E-state index in [2.05, 4.69) is 0 Å². The highest BCUT2D eigenvalue weighted by atomic mass is 127. The first-order chi connectivity index (χ1) is 15.2. The lowest BCUT2D eigenvalue weighted by atomic mass is 10.0. The normalized spacial score (nSPS) is 13.1. The van der Waals surface area contributed by atoms with E-state index in [1.165, 1.54) is 45.2 Å². The van der Waals surface area contributed by atoms with Crippen LogP contribution in [0, 0.1) is 7.14 Å². The van der Waals surface area contributed by atoms with E-state index in [0.29, 0.717) is 12.1 Å². The second-order valence-electron chi connectivity index (χ2n) is 6.10. The Hall–Kier alpha value is -0.860. The third-order valence-electron chi connectivity index (χ3n) is 4.05. The van der Waals surface area contributed by atoms with Crippen LogP contribution >= 0.6 is 45.2 Å². The Morgan fingerprint density at radius 2 is 0.794 bits per heavy atom. The molecule has 0 saturated heterocycles. The number of halogens is 2. The molecular weight excluding hydrogens is 774 g/mol. The fraction of sp³-hybridized carbons (Fsp3) is 0.143. The standard InChI is InChI=1S/C14H12I2O14S4/c1-29-7-3-5(11(31(17,18)19)13(9(7)15)33(23,24)25)6-4-8(30-2)10(16)14(34(26,27)28)12(6)32(20,21)22/h3-4H,1-2H3,(H,17,18,19)(H,20,21,22)(H,23,24,25)(H,26,27,28). The van der Waals surface area contributed by atoms with Gasteiger partial charge in [-0.2, -0.15) is 33.7 Å². The molecule has 0 spiro atoms. The monoisotopic (exact) mass is 786 g/mol. The number of hydrogen-bond donors (Lipinski definition) is 4. The number of benzene rings is 2. The van der Waals surface area contributed by atoms with Gasteiger partial charge in [-0.3, -0.25) is 18.2 Å². The molecule has 190 valence electrons. The lowest BCUT2D eigenvalue weighted by Crippen LogP contribution is -2.16. The fourth-order valence-electron chi connectivity index (χ4n) is 2.86. The maximum Gasteiger partial charge on any atom is 0.297 e. The highest BCUT2D eigenvalue weighted by molar-refractivity contribution is 14.1. The average molecular weight is 786 g/mol. The predicted molar refractivity (Wildman–Crippen MR) is 130 cm³/mol. The van der Waals surface area contributed by atoms with Crippen LogP contribution in [0.4, 0.5) is 0 Å². The van der Waals surface area contributed by atoms with Gasteiger partial charge in [0.1, 0.15) is 31.1 Å². The van der Waals surface area contributed by atoms with E-state index < -0.39 is 89.8 Å². The van der Waals surface area contributed by atoms with Crippen LogP contribution in [-0.4, -0.2) is 66.1 Å². The molecule has 0 aromatic heterocycles. The van der Waals surface area contributed by atoms with E-state index in [4.69, 9.17) is 9.47 Å². The molecule has 0 unspecified atom stereocenters. The van der Waals surface area contributed by atoms with E-state index in [1.807, 2.05) is 0 Å². The first kappa shape index (κ1) is 29.4. The molecule has 0 aliphatic carbocycles. The molecule has 0 heterocycles. The summed E-state index contributed by atoms with van der Waals surface area (Å²) in [5, 5.41) is 0. The minimum atomic E-state index is -5.61. The summed E-state index contributed by atoms with van der Waals surface area (Å²) in [4.78, 5) is -6.02. The maximum absolute atomic E-state index is 12.2. The summed E-state index contributed by atoms with van der Waals surface area (Å²) in [6.07, 6.45) is 0. The zero-order valence-electron chi connectivity index (χ0n) is 16.4. The molecule has 0 aliphatic rings. The molecule has 2 rings (SSSR count). The molecule has 34 heavy (non-hydrogen) atoms. The third kappa shape index (κ3) is 5.59. The first-order valence-corrected chi connectivity index (χ1v) is 15.8. The largest absolute Gasteiger partial charge is 0.496 e. The molecule has 0 aliphatic heterocycles. The summed E-state index contributed by atoms with van der Waals surface area (Å²) in [5.41, 5.74) is -2.08. The van der Waals surface area contributed by atoms with E-state index >= 15 is 0 Å². The lowest BCUT2D eigenvalue weighted by molar-refractivity contribution is 0.406. The molecule has 0 fully saturated rings. The number of rotatable bonds is 7. The van der Waals surface area contributed by atoms with Crippen LogP contribution in [0.5, 0.6) is 11.5 Å². The minimum absolute atomic E-state index is 0.470. The average Bonchev–Trinajstić information content (AvgIpc) is 2.63. The van der Waals surface area contributed by atoms with Gasteiger partial charge < -0.3 is 9.47 Å². The summed E-state index contributed by atoms with van der Waals surface area (Å²) in [7, 11) is -20.2. The van der Waals surface area contributed by atoms with E-state index in [-0.39, 0.29) is 0 Å². The van der Waals surface area contributed by atoms with Gasteiger partial charge in [0.05, 0.1) is 21.4 Å². The van der Waals surface area contributed by atoms with Gasteiger partial charge in [-0.25, -0.2) is 0 Å². The van der Waals surface area contributed by atoms with Crippen molar-refractivity contribution in [3.8, 4) is 22.6 Å². The van der Waals surface area contributed by atoms with Crippen molar-refractivity contribution in [1.29, 1.82) is 0 Å². The topological polar surface area (TPSA) is 236 Å². The fourth-order valence-corrected chi connectivity index (χ4v) is 10.4. The molecule has 14 nitrogen and oxygen atoms in total. The highest BCUT2D eigenvalue weighted by Crippen LogP contribution is 2.46. The van der Waals surface area contributed by atoms with Crippen molar-refractivity contribution in [1.82, 2.24) is 0 Å². The molecular formula is C14H12I2O14S4. The van der Waals surface area contributed by atoms with Crippen LogP contribution in [0.3, 0.4) is 0 Å². The number of hydrogen-bond acceptors (Lipinski definition) is 10. The summed E-state index contributed by atoms with van der Waals surface area (Å²) in [5.74, 6) is -0.939. The SMILES string of the molecule is COc1cc(-c2cc(OC)c(I)c(S(=O)(=O)O)c2S(=O)(=O)O)c(S(=O)(=O)O)c(S(=O)(=O)O)c1I. The van der Waals surface area contributed by atoms with Crippen molar-refractivity contribution >= 4 is 85.7 Å². The van der Waals surface area contributed by atoms with Crippen molar-refractivity contribution in [2.24, 2.45) is 0 Å². The van der Waals surface area contributed by atoms with Crippen LogP contribution in [0.1, 0.15) is 0 Å². The zero-order chi connectivity index (χ0) is 26.6. The first-order valence-electron chi connectivity index (χ1n) is 7.89. The Labute approximate surface area is 220 Å². The predicted octanol–water partition coefficient (Wildman–Crippen LogP) is 1.57. The van der Waals surface area contributed by atoms with E-state index in [0.717, 1.165) is 14.2 Å². The van der Waals surface area contributed by atoms with Crippen LogP contribution in [0.25, 0.3) is 11.1 Å². The van der Waals surface area contributed by atoms with E-state index in [1.54, 1.807) is 0 Å². The van der Waals surface area contributed by atoms with Crippen LogP contribution in [0.15, 0.2) is 31.7 Å². The van der Waals surface area contributed by atoms with Gasteiger partial charge in [0, 0.05) is 11.1 Å². The van der Waals surface area contributed by atoms with Crippen molar-refractivity contribution in [2.45, 2.75) is 19.6 Å². The molecule has 0 bridgehead atoms. The van der Waals surface area contributed by atoms with Gasteiger partial charge in [-0.05, 0) is 57.3 Å². The quantitative estimate of drug-likeness (QED) is 0.231. The second kappa shape index (κ2) is 9.55. The molecule has 0 amide bonds. The Bertz CT molecular complexity index is 1500. The van der Waals surface area contributed by atoms with Crippen LogP contribution in [-0.2, 0) is 40.5 Å². The highest BCUT2D eigenvalue weighted by Gasteiger charge is 2.38. The van der Waals surface area contributed by atoms with Crippen LogP contribution < -0.4 is 9.47 Å². The van der Waals surface area contributed by atoms with Gasteiger partial charge in [0.2, 0.25) is 0 Å². The maximum atomic E-state index is 12.2. The molecule has 0 radical (unpaired) electrons. The van der Waals surface area contributed by atoms with Gasteiger partial charge in [0.25, 0.3) is 40.5 Å². The summed E-state index contributed by atoms with van der Waals surface area (Å²) >= 11 is 2.53. The van der Waals surface area contributed by atoms with Gasteiger partial charge >= 0.3 is 0 Å². The van der Waals surface area contributed by atoms with Crippen LogP contribution in [0.2, 0.25) is 0 Å². The Balaban J connectivity index is 3.51. The summed E-state index contributed by atoms with van der Waals surface area (Å²) < 4.78 is 145. The minimum Gasteiger partial charge on any atom is -0.496 e. The number of methoxy groups -OCH3 is 2. The molecule has 4 N–H and O–H groups in total. The van der Waals surface area contributed by atoms with Crippen molar-refractivity contribution in [2.75, 3.05) is 14.2 Å². The Kier molecular flexibility index (Phi) is 8.25. The smallest absolute Gasteiger partial charge is 0.297 e. The molecule has 0 saturated carbocycles. The Morgan fingerprint density at radius 3 is 0.971 bits per heavy atom. The number of ether oxygens (including phenoxy) is 2. The molecule has 20 heteroatoms. The van der Waals surface area contributed by atoms with Gasteiger partial charge in [-0.15, -0.1) is 0 Å². The Morgan fingerprint density at radius 1 is 0.559 bits per heavy atom. The lowest BCUT2D eigenvalue weighted by Gasteiger charge is -2.20. The second-order valence-corrected chi connectivity index (χ2v) is 13.7. The van der Waals surface area contributed by atoms with E-state index in [9.17, 15) is 51.9 Å². The summed E-state index contributed by atoms with van der Waals surface area (Å²) in [6, 6.07) is 1.40. The van der Waals surface area contributed by atoms with Gasteiger partial charge in [0.15, 0.2) is 0 Å². The third-order valence-corrected chi connectivity index (χ3v) is 10.9. The van der Waals surface area contributed by atoms with Crippen molar-refractivity contribution < 1.29 is 61.4 Å². The van der Waals surface area contributed by atoms with Crippen molar-refractivity contribution in [3.63, 3.8) is 0 Å². The van der Waals surface area contributed by atoms with Crippen molar-refractivity contribution in [3.05, 3.63) is 19.3 Å². The molecule has 2 aromatic carbocycles.